The molecule has 0 saturated heterocycles. The van der Waals surface area contributed by atoms with E-state index in [1.807, 2.05) is 25.9 Å². The number of likely N-dealkylation sites (N-methyl/N-ethyl adjacent to an activating group) is 2. The molecule has 4 nitrogen and oxygen atoms in total. The molecular weight excluding hydrogens is 252 g/mol. The van der Waals surface area contributed by atoms with Crippen LogP contribution in [0.15, 0.2) is 12.1 Å². The van der Waals surface area contributed by atoms with Crippen LogP contribution in [0.25, 0.3) is 0 Å². The Morgan fingerprint density at radius 2 is 1.95 bits per heavy atom. The lowest BCUT2D eigenvalue weighted by Crippen LogP contribution is -2.37. The minimum atomic E-state index is -2.69. The fraction of sp³-hybridized carbons (Fsp3) is 0.615. The van der Waals surface area contributed by atoms with E-state index in [0.29, 0.717) is 25.3 Å². The molecule has 0 fully saturated rings. The highest BCUT2D eigenvalue weighted by atomic mass is 19.3. The SMILES string of the molecule is CCN(CCN(C)C)C(=O)c1ccc(C)n1C(F)F. The lowest BCUT2D eigenvalue weighted by molar-refractivity contribution is 0.0551. The summed E-state index contributed by atoms with van der Waals surface area (Å²) >= 11 is 0. The Balaban J connectivity index is 2.91. The minimum Gasteiger partial charge on any atom is -0.336 e. The first-order valence-corrected chi connectivity index (χ1v) is 6.28. The fourth-order valence-corrected chi connectivity index (χ4v) is 1.87. The summed E-state index contributed by atoms with van der Waals surface area (Å²) in [6, 6.07) is 3.00. The highest BCUT2D eigenvalue weighted by Crippen LogP contribution is 2.20. The van der Waals surface area contributed by atoms with E-state index >= 15 is 0 Å². The number of aromatic nitrogens is 1. The number of amides is 1. The number of aryl methyl sites for hydroxylation is 1. The van der Waals surface area contributed by atoms with Crippen molar-refractivity contribution in [2.45, 2.75) is 20.4 Å². The van der Waals surface area contributed by atoms with Crippen LogP contribution in [-0.4, -0.2) is 54.0 Å². The molecule has 0 aliphatic carbocycles. The Kier molecular flexibility index (Phi) is 5.47. The molecule has 1 amide bonds. The third-order valence-electron chi connectivity index (χ3n) is 3.02. The van der Waals surface area contributed by atoms with Crippen molar-refractivity contribution in [1.82, 2.24) is 14.4 Å². The third kappa shape index (κ3) is 3.76. The van der Waals surface area contributed by atoms with Crippen molar-refractivity contribution in [3.63, 3.8) is 0 Å². The van der Waals surface area contributed by atoms with Gasteiger partial charge in [-0.05, 0) is 40.1 Å². The summed E-state index contributed by atoms with van der Waals surface area (Å²) in [4.78, 5) is 15.8. The predicted molar refractivity (Wildman–Crippen MR) is 70.6 cm³/mol. The van der Waals surface area contributed by atoms with E-state index in [4.69, 9.17) is 0 Å². The second-order valence-electron chi connectivity index (χ2n) is 4.70. The molecule has 108 valence electrons. The Morgan fingerprint density at radius 1 is 1.32 bits per heavy atom. The molecule has 1 heterocycles. The van der Waals surface area contributed by atoms with Gasteiger partial charge >= 0.3 is 6.55 Å². The zero-order valence-electron chi connectivity index (χ0n) is 11.9. The summed E-state index contributed by atoms with van der Waals surface area (Å²) in [5.41, 5.74) is 0.440. The molecule has 0 saturated carbocycles. The standard InChI is InChI=1S/C13H21F2N3O/c1-5-17(9-8-16(3)4)12(19)11-7-6-10(2)18(11)13(14)15/h6-7,13H,5,8-9H2,1-4H3. The van der Waals surface area contributed by atoms with Gasteiger partial charge in [0.1, 0.15) is 5.69 Å². The van der Waals surface area contributed by atoms with E-state index in [1.54, 1.807) is 17.9 Å². The predicted octanol–water partition coefficient (Wildman–Crippen LogP) is 2.22. The second kappa shape index (κ2) is 6.65. The largest absolute Gasteiger partial charge is 0.336 e. The van der Waals surface area contributed by atoms with E-state index in [2.05, 4.69) is 0 Å². The molecule has 1 aromatic heterocycles. The van der Waals surface area contributed by atoms with Crippen molar-refractivity contribution in [2.75, 3.05) is 33.7 Å². The van der Waals surface area contributed by atoms with Crippen molar-refractivity contribution < 1.29 is 13.6 Å². The topological polar surface area (TPSA) is 28.5 Å². The average molecular weight is 273 g/mol. The molecule has 0 N–H and O–H groups in total. The van der Waals surface area contributed by atoms with Gasteiger partial charge in [0.25, 0.3) is 5.91 Å². The zero-order chi connectivity index (χ0) is 14.6. The maximum atomic E-state index is 12.9. The first-order valence-electron chi connectivity index (χ1n) is 6.28. The summed E-state index contributed by atoms with van der Waals surface area (Å²) in [6.07, 6.45) is 0. The Bertz CT molecular complexity index is 430. The van der Waals surface area contributed by atoms with Crippen molar-refractivity contribution >= 4 is 5.91 Å². The van der Waals surface area contributed by atoms with Crippen LogP contribution in [0.4, 0.5) is 8.78 Å². The minimum absolute atomic E-state index is 0.0492. The molecule has 0 spiro atoms. The fourth-order valence-electron chi connectivity index (χ4n) is 1.87. The second-order valence-corrected chi connectivity index (χ2v) is 4.70. The van der Waals surface area contributed by atoms with Gasteiger partial charge in [0.05, 0.1) is 0 Å². The number of hydrogen-bond acceptors (Lipinski definition) is 2. The van der Waals surface area contributed by atoms with Gasteiger partial charge in [-0.1, -0.05) is 0 Å². The van der Waals surface area contributed by atoms with Crippen molar-refractivity contribution in [3.8, 4) is 0 Å². The molecule has 0 unspecified atom stereocenters. The number of alkyl halides is 2. The van der Waals surface area contributed by atoms with Crippen molar-refractivity contribution in [3.05, 3.63) is 23.5 Å². The number of nitrogens with zero attached hydrogens (tertiary/aromatic N) is 3. The summed E-state index contributed by atoms with van der Waals surface area (Å²) in [5.74, 6) is -0.349. The lowest BCUT2D eigenvalue weighted by Gasteiger charge is -2.23. The molecule has 19 heavy (non-hydrogen) atoms. The monoisotopic (exact) mass is 273 g/mol. The smallest absolute Gasteiger partial charge is 0.319 e. The van der Waals surface area contributed by atoms with Crippen LogP contribution in [0.3, 0.4) is 0 Å². The molecule has 0 aliphatic heterocycles. The van der Waals surface area contributed by atoms with Crippen molar-refractivity contribution in [2.24, 2.45) is 0 Å². The summed E-state index contributed by atoms with van der Waals surface area (Å²) in [6.45, 7) is 2.44. The Hall–Kier alpha value is -1.43. The molecule has 1 rings (SSSR count). The zero-order valence-corrected chi connectivity index (χ0v) is 11.9. The van der Waals surface area contributed by atoms with E-state index in [0.717, 1.165) is 4.57 Å². The molecular formula is C13H21F2N3O. The van der Waals surface area contributed by atoms with Gasteiger partial charge in [-0.15, -0.1) is 0 Å². The molecule has 0 bridgehead atoms. The molecule has 0 aromatic carbocycles. The first-order chi connectivity index (χ1) is 8.88. The van der Waals surface area contributed by atoms with Crippen LogP contribution in [0, 0.1) is 6.92 Å². The van der Waals surface area contributed by atoms with Gasteiger partial charge in [0, 0.05) is 25.3 Å². The van der Waals surface area contributed by atoms with Crippen LogP contribution in [0.2, 0.25) is 0 Å². The Labute approximate surface area is 112 Å². The first kappa shape index (κ1) is 15.6. The van der Waals surface area contributed by atoms with Crippen LogP contribution in [-0.2, 0) is 0 Å². The van der Waals surface area contributed by atoms with Gasteiger partial charge in [-0.2, -0.15) is 8.78 Å². The van der Waals surface area contributed by atoms with E-state index in [9.17, 15) is 13.6 Å². The van der Waals surface area contributed by atoms with Crippen molar-refractivity contribution in [1.29, 1.82) is 0 Å². The summed E-state index contributed by atoms with van der Waals surface area (Å²) in [7, 11) is 3.81. The van der Waals surface area contributed by atoms with Gasteiger partial charge in [-0.3, -0.25) is 9.36 Å². The van der Waals surface area contributed by atoms with Gasteiger partial charge < -0.3 is 9.80 Å². The normalized spacial score (nSPS) is 11.4. The molecule has 0 aliphatic rings. The number of hydrogen-bond donors (Lipinski definition) is 0. The van der Waals surface area contributed by atoms with Gasteiger partial charge in [0.15, 0.2) is 0 Å². The lowest BCUT2D eigenvalue weighted by atomic mass is 10.3. The molecule has 1 aromatic rings. The maximum Gasteiger partial charge on any atom is 0.319 e. The maximum absolute atomic E-state index is 12.9. The van der Waals surface area contributed by atoms with Gasteiger partial charge in [-0.25, -0.2) is 0 Å². The summed E-state index contributed by atoms with van der Waals surface area (Å²) in [5, 5.41) is 0. The molecule has 0 atom stereocenters. The van der Waals surface area contributed by atoms with Crippen LogP contribution in [0.5, 0.6) is 0 Å². The third-order valence-corrected chi connectivity index (χ3v) is 3.02. The van der Waals surface area contributed by atoms with Gasteiger partial charge in [0.2, 0.25) is 0 Å². The quantitative estimate of drug-likeness (QED) is 0.795. The van der Waals surface area contributed by atoms with Crippen LogP contribution in [0.1, 0.15) is 29.7 Å². The summed E-state index contributed by atoms with van der Waals surface area (Å²) < 4.78 is 26.7. The highest BCUT2D eigenvalue weighted by Gasteiger charge is 2.22. The van der Waals surface area contributed by atoms with E-state index < -0.39 is 6.55 Å². The highest BCUT2D eigenvalue weighted by molar-refractivity contribution is 5.93. The number of carbonyl (C=O) groups excluding carboxylic acids is 1. The number of rotatable bonds is 6. The van der Waals surface area contributed by atoms with Crippen LogP contribution >= 0.6 is 0 Å². The Morgan fingerprint density at radius 3 is 2.42 bits per heavy atom. The number of halogens is 2. The number of carbonyl (C=O) groups is 1. The van der Waals surface area contributed by atoms with E-state index in [-0.39, 0.29) is 11.6 Å². The van der Waals surface area contributed by atoms with E-state index in [1.165, 1.54) is 6.07 Å². The molecule has 0 radical (unpaired) electrons. The molecule has 6 heteroatoms. The van der Waals surface area contributed by atoms with Crippen LogP contribution < -0.4 is 0 Å². The average Bonchev–Trinajstić information content (AvgIpc) is 2.71.